The Balaban J connectivity index is 0. The first kappa shape index (κ1) is 15.7. The van der Waals surface area contributed by atoms with Crippen molar-refractivity contribution < 1.29 is 10.2 Å². The highest BCUT2D eigenvalue weighted by molar-refractivity contribution is 4.79. The van der Waals surface area contributed by atoms with E-state index in [1.54, 1.807) is 12.5 Å². The molecule has 0 spiro atoms. The Hall–Kier alpha value is -0.760. The summed E-state index contributed by atoms with van der Waals surface area (Å²) in [6.45, 7) is 4.39. The summed E-state index contributed by atoms with van der Waals surface area (Å²) in [7, 11) is 0. The maximum atomic E-state index is 5.17. The van der Waals surface area contributed by atoms with Crippen LogP contribution in [0.4, 0.5) is 0 Å². The van der Waals surface area contributed by atoms with Gasteiger partial charge in [0.25, 0.3) is 0 Å². The molecular formula is C12H24O2. The normalized spacial score (nSPS) is 10.7. The Kier molecular flexibility index (Phi) is 16.5. The van der Waals surface area contributed by atoms with E-state index in [1.807, 2.05) is 0 Å². The Morgan fingerprint density at radius 1 is 0.857 bits per heavy atom. The van der Waals surface area contributed by atoms with Gasteiger partial charge in [-0.2, -0.15) is 0 Å². The van der Waals surface area contributed by atoms with Gasteiger partial charge >= 0.3 is 0 Å². The van der Waals surface area contributed by atoms with Crippen LogP contribution in [-0.2, 0) is 4.74 Å². The topological polar surface area (TPSA) is 40.7 Å². The highest BCUT2D eigenvalue weighted by Crippen LogP contribution is 1.97. The van der Waals surface area contributed by atoms with Crippen LogP contribution in [0.2, 0.25) is 0 Å². The van der Waals surface area contributed by atoms with Crippen LogP contribution in [0.5, 0.6) is 0 Å². The van der Waals surface area contributed by atoms with Crippen LogP contribution in [-0.4, -0.2) is 5.48 Å². The molecule has 2 N–H and O–H groups in total. The standard InChI is InChI=1S/C12H22O.H2O/c1-3-5-7-9-11-13-12-10-8-6-4-2;/h9-12H,3-8H2,1-2H3;1H2. The quantitative estimate of drug-likeness (QED) is 0.436. The Bertz CT molecular complexity index is 123. The summed E-state index contributed by atoms with van der Waals surface area (Å²) < 4.78 is 5.17. The lowest BCUT2D eigenvalue weighted by molar-refractivity contribution is 0.398. The van der Waals surface area contributed by atoms with Crippen LogP contribution < -0.4 is 0 Å². The molecule has 2 heteroatoms. The molecule has 0 unspecified atom stereocenters. The lowest BCUT2D eigenvalue weighted by Crippen LogP contribution is -1.70. The second-order valence-corrected chi connectivity index (χ2v) is 3.16. The average Bonchev–Trinajstić information content (AvgIpc) is 2.16. The highest BCUT2D eigenvalue weighted by Gasteiger charge is 1.78. The van der Waals surface area contributed by atoms with Crippen LogP contribution >= 0.6 is 0 Å². The van der Waals surface area contributed by atoms with E-state index in [0.717, 1.165) is 12.8 Å². The first-order valence-corrected chi connectivity index (χ1v) is 5.37. The lowest BCUT2D eigenvalue weighted by atomic mass is 10.2. The molecule has 0 saturated heterocycles. The smallest absolute Gasteiger partial charge is 0.0861 e. The second-order valence-electron chi connectivity index (χ2n) is 3.16. The molecule has 0 aliphatic carbocycles. The van der Waals surface area contributed by atoms with Crippen molar-refractivity contribution in [1.82, 2.24) is 0 Å². The molecular weight excluding hydrogens is 176 g/mol. The lowest BCUT2D eigenvalue weighted by Gasteiger charge is -1.91. The zero-order chi connectivity index (χ0) is 9.78. The summed E-state index contributed by atoms with van der Waals surface area (Å²) in [6, 6.07) is 0. The molecule has 0 bridgehead atoms. The number of allylic oxidation sites excluding steroid dienone is 2. The van der Waals surface area contributed by atoms with E-state index < -0.39 is 0 Å². The van der Waals surface area contributed by atoms with E-state index in [1.165, 1.54) is 25.7 Å². The molecule has 0 aromatic carbocycles. The SMILES string of the molecule is CCCCC=COC=CCCCC.O. The fourth-order valence-corrected chi connectivity index (χ4v) is 0.937. The van der Waals surface area contributed by atoms with Gasteiger partial charge in [0, 0.05) is 0 Å². The van der Waals surface area contributed by atoms with Gasteiger partial charge in [0.2, 0.25) is 0 Å². The minimum atomic E-state index is 0. The fraction of sp³-hybridized carbons (Fsp3) is 0.667. The highest BCUT2D eigenvalue weighted by atomic mass is 16.5. The van der Waals surface area contributed by atoms with Crippen molar-refractivity contribution in [1.29, 1.82) is 0 Å². The van der Waals surface area contributed by atoms with Gasteiger partial charge < -0.3 is 10.2 Å². The van der Waals surface area contributed by atoms with Crippen LogP contribution in [0.25, 0.3) is 0 Å². The maximum Gasteiger partial charge on any atom is 0.0861 e. The van der Waals surface area contributed by atoms with Gasteiger partial charge in [0.05, 0.1) is 12.5 Å². The molecule has 0 aliphatic heterocycles. The van der Waals surface area contributed by atoms with E-state index in [0.29, 0.717) is 0 Å². The van der Waals surface area contributed by atoms with Crippen LogP contribution in [0.1, 0.15) is 52.4 Å². The van der Waals surface area contributed by atoms with Crippen LogP contribution in [0.15, 0.2) is 24.7 Å². The molecule has 0 radical (unpaired) electrons. The number of hydrogen-bond donors (Lipinski definition) is 0. The minimum absolute atomic E-state index is 0. The van der Waals surface area contributed by atoms with Crippen molar-refractivity contribution in [3.05, 3.63) is 24.7 Å². The van der Waals surface area contributed by atoms with E-state index in [4.69, 9.17) is 4.74 Å². The van der Waals surface area contributed by atoms with Crippen LogP contribution in [0.3, 0.4) is 0 Å². The zero-order valence-electron chi connectivity index (χ0n) is 9.46. The molecule has 0 amide bonds. The van der Waals surface area contributed by atoms with E-state index in [9.17, 15) is 0 Å². The van der Waals surface area contributed by atoms with Gasteiger partial charge in [-0.15, -0.1) is 0 Å². The van der Waals surface area contributed by atoms with Crippen molar-refractivity contribution in [3.8, 4) is 0 Å². The van der Waals surface area contributed by atoms with Crippen LogP contribution in [0, 0.1) is 0 Å². The minimum Gasteiger partial charge on any atom is -0.473 e. The molecule has 0 fully saturated rings. The summed E-state index contributed by atoms with van der Waals surface area (Å²) >= 11 is 0. The van der Waals surface area contributed by atoms with Gasteiger partial charge in [0.15, 0.2) is 0 Å². The van der Waals surface area contributed by atoms with Crippen molar-refractivity contribution >= 4 is 0 Å². The molecule has 0 atom stereocenters. The summed E-state index contributed by atoms with van der Waals surface area (Å²) in [4.78, 5) is 0. The van der Waals surface area contributed by atoms with Crippen molar-refractivity contribution in [2.45, 2.75) is 52.4 Å². The summed E-state index contributed by atoms with van der Waals surface area (Å²) in [5.41, 5.74) is 0. The molecule has 0 saturated carbocycles. The molecule has 14 heavy (non-hydrogen) atoms. The molecule has 0 heterocycles. The third-order valence-corrected chi connectivity index (χ3v) is 1.80. The summed E-state index contributed by atoms with van der Waals surface area (Å²) in [5.74, 6) is 0. The largest absolute Gasteiger partial charge is 0.473 e. The average molecular weight is 200 g/mol. The van der Waals surface area contributed by atoms with Gasteiger partial charge in [0.1, 0.15) is 0 Å². The third-order valence-electron chi connectivity index (χ3n) is 1.80. The molecule has 2 nitrogen and oxygen atoms in total. The predicted molar refractivity (Wildman–Crippen MR) is 62.0 cm³/mol. The Morgan fingerprint density at radius 2 is 1.29 bits per heavy atom. The number of ether oxygens (including phenoxy) is 1. The number of hydrogen-bond acceptors (Lipinski definition) is 1. The van der Waals surface area contributed by atoms with E-state index in [2.05, 4.69) is 26.0 Å². The first-order valence-electron chi connectivity index (χ1n) is 5.37. The van der Waals surface area contributed by atoms with E-state index >= 15 is 0 Å². The molecule has 84 valence electrons. The second kappa shape index (κ2) is 14.7. The third kappa shape index (κ3) is 13.8. The molecule has 0 aromatic heterocycles. The Labute approximate surface area is 88.0 Å². The van der Waals surface area contributed by atoms with Crippen molar-refractivity contribution in [3.63, 3.8) is 0 Å². The maximum absolute atomic E-state index is 5.17. The number of rotatable bonds is 8. The summed E-state index contributed by atoms with van der Waals surface area (Å²) in [6.07, 6.45) is 14.9. The van der Waals surface area contributed by atoms with E-state index in [-0.39, 0.29) is 5.48 Å². The van der Waals surface area contributed by atoms with Crippen molar-refractivity contribution in [2.24, 2.45) is 0 Å². The molecule has 0 aliphatic rings. The van der Waals surface area contributed by atoms with Gasteiger partial charge in [-0.05, 0) is 37.8 Å². The monoisotopic (exact) mass is 200 g/mol. The number of unbranched alkanes of at least 4 members (excludes halogenated alkanes) is 4. The summed E-state index contributed by atoms with van der Waals surface area (Å²) in [5, 5.41) is 0. The van der Waals surface area contributed by atoms with Gasteiger partial charge in [-0.3, -0.25) is 0 Å². The zero-order valence-corrected chi connectivity index (χ0v) is 9.46. The van der Waals surface area contributed by atoms with Crippen molar-refractivity contribution in [2.75, 3.05) is 0 Å². The Morgan fingerprint density at radius 3 is 1.64 bits per heavy atom. The fourth-order valence-electron chi connectivity index (χ4n) is 0.937. The molecule has 0 aromatic rings. The first-order chi connectivity index (χ1) is 6.41. The van der Waals surface area contributed by atoms with Gasteiger partial charge in [-0.25, -0.2) is 0 Å². The van der Waals surface area contributed by atoms with Gasteiger partial charge in [-0.1, -0.05) is 26.7 Å². The predicted octanol–water partition coefficient (Wildman–Crippen LogP) is 3.59. The molecule has 0 rings (SSSR count).